The molecule has 0 spiro atoms. The lowest BCUT2D eigenvalue weighted by Crippen LogP contribution is -1.99. The fourth-order valence-electron chi connectivity index (χ4n) is 2.32. The molecular weight excluding hydrogens is 256 g/mol. The SMILES string of the molecule is C=Cc1nc(-c2ccccc2)c(-c2ccccc2)nc1C. The van der Waals surface area contributed by atoms with E-state index >= 15 is 0 Å². The van der Waals surface area contributed by atoms with E-state index in [-0.39, 0.29) is 0 Å². The van der Waals surface area contributed by atoms with Gasteiger partial charge in [-0.3, -0.25) is 0 Å². The zero-order valence-corrected chi connectivity index (χ0v) is 12.0. The largest absolute Gasteiger partial charge is 0.249 e. The average molecular weight is 272 g/mol. The standard InChI is InChI=1S/C19H16N2/c1-3-17-14(2)20-18(15-10-6-4-7-11-15)19(21-17)16-12-8-5-9-13-16/h3-13H,1H2,2H3. The van der Waals surface area contributed by atoms with Crippen molar-refractivity contribution in [2.45, 2.75) is 6.92 Å². The molecule has 2 aromatic carbocycles. The Morgan fingerprint density at radius 3 is 1.71 bits per heavy atom. The maximum atomic E-state index is 4.76. The fraction of sp³-hybridized carbons (Fsp3) is 0.0526. The van der Waals surface area contributed by atoms with Crippen LogP contribution in [0.15, 0.2) is 67.2 Å². The van der Waals surface area contributed by atoms with Crippen molar-refractivity contribution in [2.24, 2.45) is 0 Å². The third-order valence-corrected chi connectivity index (χ3v) is 3.39. The van der Waals surface area contributed by atoms with Gasteiger partial charge in [0.1, 0.15) is 0 Å². The smallest absolute Gasteiger partial charge is 0.0972 e. The monoisotopic (exact) mass is 272 g/mol. The lowest BCUT2D eigenvalue weighted by atomic mass is 10.0. The number of hydrogen-bond donors (Lipinski definition) is 0. The number of benzene rings is 2. The van der Waals surface area contributed by atoms with Gasteiger partial charge in [-0.25, -0.2) is 9.97 Å². The first kappa shape index (κ1) is 13.3. The number of hydrogen-bond acceptors (Lipinski definition) is 2. The van der Waals surface area contributed by atoms with Crippen molar-refractivity contribution in [3.63, 3.8) is 0 Å². The molecule has 1 aromatic heterocycles. The zero-order valence-electron chi connectivity index (χ0n) is 12.0. The van der Waals surface area contributed by atoms with Crippen LogP contribution in [0.25, 0.3) is 28.6 Å². The normalized spacial score (nSPS) is 10.3. The molecular formula is C19H16N2. The summed E-state index contributed by atoms with van der Waals surface area (Å²) in [7, 11) is 0. The molecule has 0 atom stereocenters. The Morgan fingerprint density at radius 1 is 0.762 bits per heavy atom. The molecule has 0 amide bonds. The maximum Gasteiger partial charge on any atom is 0.0972 e. The van der Waals surface area contributed by atoms with Crippen molar-refractivity contribution in [1.29, 1.82) is 0 Å². The van der Waals surface area contributed by atoms with E-state index in [1.165, 1.54) is 0 Å². The van der Waals surface area contributed by atoms with Crippen LogP contribution in [0, 0.1) is 6.92 Å². The van der Waals surface area contributed by atoms with Gasteiger partial charge in [0.15, 0.2) is 0 Å². The zero-order chi connectivity index (χ0) is 14.7. The van der Waals surface area contributed by atoms with Gasteiger partial charge in [-0.05, 0) is 13.0 Å². The van der Waals surface area contributed by atoms with Crippen LogP contribution in [0.2, 0.25) is 0 Å². The summed E-state index contributed by atoms with van der Waals surface area (Å²) < 4.78 is 0. The average Bonchev–Trinajstić information content (AvgIpc) is 2.56. The second kappa shape index (κ2) is 5.71. The molecule has 0 fully saturated rings. The van der Waals surface area contributed by atoms with Gasteiger partial charge in [-0.2, -0.15) is 0 Å². The first-order valence-corrected chi connectivity index (χ1v) is 6.91. The Labute approximate surface area is 124 Å². The summed E-state index contributed by atoms with van der Waals surface area (Å²) in [5.74, 6) is 0. The molecule has 3 aromatic rings. The first-order valence-electron chi connectivity index (χ1n) is 6.91. The van der Waals surface area contributed by atoms with E-state index in [0.29, 0.717) is 0 Å². The number of rotatable bonds is 3. The van der Waals surface area contributed by atoms with Gasteiger partial charge in [-0.1, -0.05) is 67.2 Å². The van der Waals surface area contributed by atoms with Crippen LogP contribution < -0.4 is 0 Å². The Kier molecular flexibility index (Phi) is 3.61. The summed E-state index contributed by atoms with van der Waals surface area (Å²) in [6.07, 6.45) is 1.75. The highest BCUT2D eigenvalue weighted by atomic mass is 14.8. The molecule has 0 bridgehead atoms. The minimum Gasteiger partial charge on any atom is -0.249 e. The van der Waals surface area contributed by atoms with E-state index in [1.807, 2.05) is 43.3 Å². The highest BCUT2D eigenvalue weighted by molar-refractivity contribution is 5.78. The molecule has 0 aliphatic carbocycles. The fourth-order valence-corrected chi connectivity index (χ4v) is 2.32. The van der Waals surface area contributed by atoms with Gasteiger partial charge < -0.3 is 0 Å². The highest BCUT2D eigenvalue weighted by Crippen LogP contribution is 2.29. The molecule has 0 saturated heterocycles. The van der Waals surface area contributed by atoms with Crippen molar-refractivity contribution >= 4 is 6.08 Å². The predicted octanol–water partition coefficient (Wildman–Crippen LogP) is 4.76. The van der Waals surface area contributed by atoms with Crippen molar-refractivity contribution < 1.29 is 0 Å². The Hall–Kier alpha value is -2.74. The van der Waals surface area contributed by atoms with Crippen molar-refractivity contribution in [3.05, 3.63) is 78.6 Å². The third-order valence-electron chi connectivity index (χ3n) is 3.39. The minimum absolute atomic E-state index is 0.827. The van der Waals surface area contributed by atoms with E-state index in [2.05, 4.69) is 30.8 Å². The molecule has 0 aliphatic heterocycles. The number of nitrogens with zero attached hydrogens (tertiary/aromatic N) is 2. The molecule has 102 valence electrons. The second-order valence-electron chi connectivity index (χ2n) is 4.83. The molecule has 1 heterocycles. The van der Waals surface area contributed by atoms with Crippen LogP contribution in [-0.2, 0) is 0 Å². The quantitative estimate of drug-likeness (QED) is 0.687. The van der Waals surface area contributed by atoms with Crippen molar-refractivity contribution in [2.75, 3.05) is 0 Å². The Morgan fingerprint density at radius 2 is 1.24 bits per heavy atom. The molecule has 0 aliphatic rings. The van der Waals surface area contributed by atoms with E-state index < -0.39 is 0 Å². The molecule has 2 nitrogen and oxygen atoms in total. The topological polar surface area (TPSA) is 25.8 Å². The van der Waals surface area contributed by atoms with Gasteiger partial charge in [0.05, 0.1) is 22.8 Å². The summed E-state index contributed by atoms with van der Waals surface area (Å²) in [4.78, 5) is 9.51. The van der Waals surface area contributed by atoms with Crippen molar-refractivity contribution in [1.82, 2.24) is 9.97 Å². The predicted molar refractivity (Wildman–Crippen MR) is 87.7 cm³/mol. The van der Waals surface area contributed by atoms with Gasteiger partial charge in [0.25, 0.3) is 0 Å². The molecule has 0 saturated carbocycles. The van der Waals surface area contributed by atoms with E-state index in [9.17, 15) is 0 Å². The Bertz CT molecular complexity index is 762. The highest BCUT2D eigenvalue weighted by Gasteiger charge is 2.13. The van der Waals surface area contributed by atoms with Crippen LogP contribution in [-0.4, -0.2) is 9.97 Å². The summed E-state index contributed by atoms with van der Waals surface area (Å²) in [5.41, 5.74) is 5.65. The lowest BCUT2D eigenvalue weighted by molar-refractivity contribution is 1.11. The van der Waals surface area contributed by atoms with Crippen LogP contribution in [0.5, 0.6) is 0 Å². The molecule has 0 radical (unpaired) electrons. The first-order chi connectivity index (χ1) is 10.3. The maximum absolute atomic E-state index is 4.76. The molecule has 0 unspecified atom stereocenters. The lowest BCUT2D eigenvalue weighted by Gasteiger charge is -2.11. The van der Waals surface area contributed by atoms with Crippen LogP contribution in [0.1, 0.15) is 11.4 Å². The molecule has 2 heteroatoms. The van der Waals surface area contributed by atoms with Crippen LogP contribution in [0.4, 0.5) is 0 Å². The summed E-state index contributed by atoms with van der Waals surface area (Å²) in [5, 5.41) is 0. The number of aryl methyl sites for hydroxylation is 1. The van der Waals surface area contributed by atoms with Gasteiger partial charge in [0.2, 0.25) is 0 Å². The van der Waals surface area contributed by atoms with Gasteiger partial charge in [-0.15, -0.1) is 0 Å². The van der Waals surface area contributed by atoms with E-state index in [1.54, 1.807) is 6.08 Å². The van der Waals surface area contributed by atoms with E-state index in [4.69, 9.17) is 9.97 Å². The molecule has 0 N–H and O–H groups in total. The van der Waals surface area contributed by atoms with Gasteiger partial charge in [0, 0.05) is 11.1 Å². The third kappa shape index (κ3) is 2.61. The van der Waals surface area contributed by atoms with E-state index in [0.717, 1.165) is 33.9 Å². The van der Waals surface area contributed by atoms with Gasteiger partial charge >= 0.3 is 0 Å². The second-order valence-corrected chi connectivity index (χ2v) is 4.83. The summed E-state index contributed by atoms with van der Waals surface area (Å²) in [6, 6.07) is 20.3. The molecule has 3 rings (SSSR count). The number of aromatic nitrogens is 2. The van der Waals surface area contributed by atoms with Crippen LogP contribution >= 0.6 is 0 Å². The summed E-state index contributed by atoms with van der Waals surface area (Å²) >= 11 is 0. The minimum atomic E-state index is 0.827. The van der Waals surface area contributed by atoms with Crippen LogP contribution in [0.3, 0.4) is 0 Å². The molecule has 21 heavy (non-hydrogen) atoms. The summed E-state index contributed by atoms with van der Waals surface area (Å²) in [6.45, 7) is 5.79. The Balaban J connectivity index is 2.28. The van der Waals surface area contributed by atoms with Crippen molar-refractivity contribution in [3.8, 4) is 22.5 Å².